The first kappa shape index (κ1) is 16.0. The van der Waals surface area contributed by atoms with Crippen LogP contribution in [0.4, 0.5) is 5.69 Å². The van der Waals surface area contributed by atoms with Gasteiger partial charge in [0.05, 0.1) is 13.2 Å². The molecule has 0 unspecified atom stereocenters. The highest BCUT2D eigenvalue weighted by Crippen LogP contribution is 2.08. The maximum atomic E-state index is 11.8. The van der Waals surface area contributed by atoms with Gasteiger partial charge in [0.1, 0.15) is 0 Å². The molecule has 110 valence electrons. The van der Waals surface area contributed by atoms with Crippen molar-refractivity contribution >= 4 is 17.5 Å². The highest BCUT2D eigenvalue weighted by Gasteiger charge is 2.07. The Kier molecular flexibility index (Phi) is 7.13. The summed E-state index contributed by atoms with van der Waals surface area (Å²) in [6.07, 6.45) is 0. The number of rotatable bonds is 8. The summed E-state index contributed by atoms with van der Waals surface area (Å²) < 4.78 is 4.81. The quantitative estimate of drug-likeness (QED) is 0.609. The molecule has 0 aromatic heterocycles. The van der Waals surface area contributed by atoms with Crippen LogP contribution in [0.3, 0.4) is 0 Å². The van der Waals surface area contributed by atoms with E-state index < -0.39 is 0 Å². The Morgan fingerprint density at radius 3 is 2.45 bits per heavy atom. The zero-order valence-corrected chi connectivity index (χ0v) is 11.9. The minimum Gasteiger partial charge on any atom is -0.385 e. The van der Waals surface area contributed by atoms with Crippen molar-refractivity contribution in [3.05, 3.63) is 29.8 Å². The van der Waals surface area contributed by atoms with Gasteiger partial charge >= 0.3 is 0 Å². The summed E-state index contributed by atoms with van der Waals surface area (Å²) in [7, 11) is 1.56. The van der Waals surface area contributed by atoms with E-state index in [4.69, 9.17) is 4.74 Å². The molecular formula is C14H21N3O3. The maximum Gasteiger partial charge on any atom is 0.251 e. The number of benzene rings is 1. The summed E-state index contributed by atoms with van der Waals surface area (Å²) in [5.74, 6) is -0.505. The van der Waals surface area contributed by atoms with Crippen molar-refractivity contribution in [2.45, 2.75) is 6.92 Å². The average Bonchev–Trinajstić information content (AvgIpc) is 2.46. The topological polar surface area (TPSA) is 79.5 Å². The van der Waals surface area contributed by atoms with E-state index in [1.54, 1.807) is 19.2 Å². The lowest BCUT2D eigenvalue weighted by molar-refractivity contribution is -0.120. The van der Waals surface area contributed by atoms with E-state index in [9.17, 15) is 9.59 Å². The lowest BCUT2D eigenvalue weighted by atomic mass is 10.2. The summed E-state index contributed by atoms with van der Waals surface area (Å²) in [4.78, 5) is 23.2. The van der Waals surface area contributed by atoms with Gasteiger partial charge in [0.25, 0.3) is 5.91 Å². The van der Waals surface area contributed by atoms with E-state index in [-0.39, 0.29) is 18.4 Å². The number of ether oxygens (including phenoxy) is 1. The zero-order valence-electron chi connectivity index (χ0n) is 11.9. The first-order chi connectivity index (χ1) is 9.67. The molecule has 1 rings (SSSR count). The Morgan fingerprint density at radius 2 is 1.85 bits per heavy atom. The molecule has 0 aliphatic carbocycles. The van der Waals surface area contributed by atoms with Crippen LogP contribution in [-0.4, -0.2) is 45.2 Å². The van der Waals surface area contributed by atoms with Crippen molar-refractivity contribution in [3.63, 3.8) is 0 Å². The van der Waals surface area contributed by atoms with Gasteiger partial charge in [-0.25, -0.2) is 0 Å². The van der Waals surface area contributed by atoms with Gasteiger partial charge in [-0.2, -0.15) is 0 Å². The maximum absolute atomic E-state index is 11.8. The molecule has 2 amide bonds. The van der Waals surface area contributed by atoms with Crippen LogP contribution in [0.25, 0.3) is 0 Å². The van der Waals surface area contributed by atoms with Crippen molar-refractivity contribution < 1.29 is 14.3 Å². The molecule has 0 aliphatic rings. The lowest BCUT2D eigenvalue weighted by Gasteiger charge is -2.07. The van der Waals surface area contributed by atoms with Crippen LogP contribution in [0.5, 0.6) is 0 Å². The molecule has 0 fully saturated rings. The molecule has 0 heterocycles. The van der Waals surface area contributed by atoms with Crippen molar-refractivity contribution in [2.24, 2.45) is 0 Å². The molecule has 6 heteroatoms. The minimum absolute atomic E-state index is 0.0441. The fraction of sp³-hybridized carbons (Fsp3) is 0.429. The number of nitrogens with one attached hydrogen (secondary N) is 3. The predicted octanol–water partition coefficient (Wildman–Crippen LogP) is 0.611. The molecule has 0 saturated heterocycles. The Labute approximate surface area is 118 Å². The number of amides is 2. The summed E-state index contributed by atoms with van der Waals surface area (Å²) in [6.45, 7) is 3.67. The van der Waals surface area contributed by atoms with Gasteiger partial charge in [-0.1, -0.05) is 0 Å². The van der Waals surface area contributed by atoms with Crippen molar-refractivity contribution in [2.75, 3.05) is 38.7 Å². The first-order valence-electron chi connectivity index (χ1n) is 6.55. The molecule has 3 N–H and O–H groups in total. The second-order valence-corrected chi connectivity index (χ2v) is 4.13. The Balaban J connectivity index is 2.36. The van der Waals surface area contributed by atoms with Gasteiger partial charge in [0.2, 0.25) is 5.91 Å². The number of hydrogen-bond acceptors (Lipinski definition) is 4. The van der Waals surface area contributed by atoms with Gasteiger partial charge < -0.3 is 20.7 Å². The molecule has 0 radical (unpaired) electrons. The molecule has 0 atom stereocenters. The lowest BCUT2D eigenvalue weighted by Crippen LogP contribution is -2.38. The third-order valence-electron chi connectivity index (χ3n) is 2.57. The molecule has 0 aliphatic heterocycles. The van der Waals surface area contributed by atoms with E-state index in [0.717, 1.165) is 12.2 Å². The third kappa shape index (κ3) is 5.71. The summed E-state index contributed by atoms with van der Waals surface area (Å²) in [5.41, 5.74) is 1.48. The van der Waals surface area contributed by atoms with Gasteiger partial charge in [0.15, 0.2) is 0 Å². The van der Waals surface area contributed by atoms with Crippen molar-refractivity contribution in [1.82, 2.24) is 10.6 Å². The largest absolute Gasteiger partial charge is 0.385 e. The van der Waals surface area contributed by atoms with E-state index in [1.807, 2.05) is 19.1 Å². The Bertz CT molecular complexity index is 432. The van der Waals surface area contributed by atoms with Gasteiger partial charge in [-0.15, -0.1) is 0 Å². The number of methoxy groups -OCH3 is 1. The smallest absolute Gasteiger partial charge is 0.251 e. The molecule has 0 saturated carbocycles. The monoisotopic (exact) mass is 279 g/mol. The molecule has 20 heavy (non-hydrogen) atoms. The minimum atomic E-state index is -0.269. The SMILES string of the molecule is CCNc1ccc(C(=O)NCC(=O)NCCOC)cc1. The van der Waals surface area contributed by atoms with E-state index in [0.29, 0.717) is 18.7 Å². The highest BCUT2D eigenvalue weighted by molar-refractivity contribution is 5.96. The third-order valence-corrected chi connectivity index (χ3v) is 2.57. The Morgan fingerprint density at radius 1 is 1.15 bits per heavy atom. The average molecular weight is 279 g/mol. The van der Waals surface area contributed by atoms with Gasteiger partial charge in [-0.3, -0.25) is 9.59 Å². The fourth-order valence-corrected chi connectivity index (χ4v) is 1.56. The second kappa shape index (κ2) is 8.92. The molecular weight excluding hydrogens is 258 g/mol. The Hall–Kier alpha value is -2.08. The summed E-state index contributed by atoms with van der Waals surface area (Å²) >= 11 is 0. The van der Waals surface area contributed by atoms with Crippen LogP contribution >= 0.6 is 0 Å². The molecule has 6 nitrogen and oxygen atoms in total. The van der Waals surface area contributed by atoms with Crippen molar-refractivity contribution in [1.29, 1.82) is 0 Å². The fourth-order valence-electron chi connectivity index (χ4n) is 1.56. The van der Waals surface area contributed by atoms with Crippen LogP contribution in [0, 0.1) is 0 Å². The first-order valence-corrected chi connectivity index (χ1v) is 6.55. The van der Waals surface area contributed by atoms with Crippen LogP contribution < -0.4 is 16.0 Å². The zero-order chi connectivity index (χ0) is 14.8. The molecule has 1 aromatic rings. The normalized spacial score (nSPS) is 9.90. The second-order valence-electron chi connectivity index (χ2n) is 4.13. The number of carbonyl (C=O) groups excluding carboxylic acids is 2. The number of anilines is 1. The van der Waals surface area contributed by atoms with Crippen molar-refractivity contribution in [3.8, 4) is 0 Å². The van der Waals surface area contributed by atoms with Crippen LogP contribution in [0.15, 0.2) is 24.3 Å². The van der Waals surface area contributed by atoms with Gasteiger partial charge in [0, 0.05) is 31.5 Å². The highest BCUT2D eigenvalue weighted by atomic mass is 16.5. The van der Waals surface area contributed by atoms with Crippen LogP contribution in [0.1, 0.15) is 17.3 Å². The van der Waals surface area contributed by atoms with Gasteiger partial charge in [-0.05, 0) is 31.2 Å². The molecule has 1 aromatic carbocycles. The van der Waals surface area contributed by atoms with E-state index >= 15 is 0 Å². The van der Waals surface area contributed by atoms with Crippen LogP contribution in [0.2, 0.25) is 0 Å². The van der Waals surface area contributed by atoms with E-state index in [2.05, 4.69) is 16.0 Å². The predicted molar refractivity (Wildman–Crippen MR) is 77.8 cm³/mol. The molecule has 0 spiro atoms. The summed E-state index contributed by atoms with van der Waals surface area (Å²) in [5, 5.41) is 8.34. The standard InChI is InChI=1S/C14H21N3O3/c1-3-15-12-6-4-11(5-7-12)14(19)17-10-13(18)16-8-9-20-2/h4-7,15H,3,8-10H2,1-2H3,(H,16,18)(H,17,19). The number of carbonyl (C=O) groups is 2. The van der Waals surface area contributed by atoms with E-state index in [1.165, 1.54) is 0 Å². The number of hydrogen-bond donors (Lipinski definition) is 3. The van der Waals surface area contributed by atoms with Crippen LogP contribution in [-0.2, 0) is 9.53 Å². The molecule has 0 bridgehead atoms. The summed E-state index contributed by atoms with van der Waals surface area (Å²) in [6, 6.07) is 7.10.